The van der Waals surface area contributed by atoms with Crippen LogP contribution >= 0.6 is 27.5 Å². The van der Waals surface area contributed by atoms with E-state index in [0.717, 1.165) is 16.9 Å². The molecular formula is C16H16BrClN2O3. The van der Waals surface area contributed by atoms with E-state index >= 15 is 0 Å². The van der Waals surface area contributed by atoms with E-state index in [1.807, 2.05) is 25.1 Å². The highest BCUT2D eigenvalue weighted by Crippen LogP contribution is 2.29. The third-order valence-electron chi connectivity index (χ3n) is 3.32. The van der Waals surface area contributed by atoms with Crippen LogP contribution < -0.4 is 10.1 Å². The SMILES string of the molecule is COC(=O)c1nc(Cl)cc(NCc2ccc(OC)cc2C)c1Br. The molecule has 0 unspecified atom stereocenters. The topological polar surface area (TPSA) is 60.5 Å². The Kier molecular flexibility index (Phi) is 5.85. The Morgan fingerprint density at radius 1 is 1.35 bits per heavy atom. The van der Waals surface area contributed by atoms with Gasteiger partial charge in [0, 0.05) is 6.54 Å². The number of pyridine rings is 1. The van der Waals surface area contributed by atoms with Crippen LogP contribution in [0.1, 0.15) is 21.6 Å². The van der Waals surface area contributed by atoms with Crippen LogP contribution in [0.5, 0.6) is 5.75 Å². The molecule has 7 heteroatoms. The van der Waals surface area contributed by atoms with Gasteiger partial charge in [-0.05, 0) is 52.2 Å². The fourth-order valence-corrected chi connectivity index (χ4v) is 2.74. The van der Waals surface area contributed by atoms with E-state index in [-0.39, 0.29) is 10.8 Å². The second-order valence-electron chi connectivity index (χ2n) is 4.79. The Labute approximate surface area is 148 Å². The van der Waals surface area contributed by atoms with Gasteiger partial charge in [-0.1, -0.05) is 17.7 Å². The average molecular weight is 400 g/mol. The Balaban J connectivity index is 2.24. The zero-order valence-electron chi connectivity index (χ0n) is 12.9. The zero-order chi connectivity index (χ0) is 17.0. The standard InChI is InChI=1S/C16H16BrClN2O3/c1-9-6-11(22-2)5-4-10(9)8-19-12-7-13(18)20-15(14(12)17)16(21)23-3/h4-7H,8H2,1-3H3,(H,19,20). The number of hydrogen-bond donors (Lipinski definition) is 1. The normalized spacial score (nSPS) is 10.3. The number of methoxy groups -OCH3 is 2. The van der Waals surface area contributed by atoms with Crippen LogP contribution in [-0.4, -0.2) is 25.2 Å². The van der Waals surface area contributed by atoms with Crippen molar-refractivity contribution in [1.82, 2.24) is 4.98 Å². The lowest BCUT2D eigenvalue weighted by molar-refractivity contribution is 0.0593. The molecule has 0 aliphatic carbocycles. The summed E-state index contributed by atoms with van der Waals surface area (Å²) in [6.07, 6.45) is 0. The minimum atomic E-state index is -0.553. The molecule has 1 aromatic heterocycles. The van der Waals surface area contributed by atoms with E-state index in [4.69, 9.17) is 21.1 Å². The Morgan fingerprint density at radius 2 is 2.09 bits per heavy atom. The van der Waals surface area contributed by atoms with Crippen LogP contribution in [-0.2, 0) is 11.3 Å². The zero-order valence-corrected chi connectivity index (χ0v) is 15.3. The lowest BCUT2D eigenvalue weighted by atomic mass is 10.1. The highest BCUT2D eigenvalue weighted by Gasteiger charge is 2.17. The summed E-state index contributed by atoms with van der Waals surface area (Å²) in [5, 5.41) is 3.46. The van der Waals surface area contributed by atoms with Crippen molar-refractivity contribution in [2.75, 3.05) is 19.5 Å². The van der Waals surface area contributed by atoms with Crippen molar-refractivity contribution in [3.05, 3.63) is 50.7 Å². The van der Waals surface area contributed by atoms with E-state index in [0.29, 0.717) is 16.7 Å². The highest BCUT2D eigenvalue weighted by atomic mass is 79.9. The first-order valence-corrected chi connectivity index (χ1v) is 7.95. The summed E-state index contributed by atoms with van der Waals surface area (Å²) in [7, 11) is 2.93. The second-order valence-corrected chi connectivity index (χ2v) is 5.97. The van der Waals surface area contributed by atoms with E-state index in [9.17, 15) is 4.79 Å². The van der Waals surface area contributed by atoms with Crippen LogP contribution in [0.2, 0.25) is 5.15 Å². The van der Waals surface area contributed by atoms with E-state index in [1.54, 1.807) is 13.2 Å². The Morgan fingerprint density at radius 3 is 2.70 bits per heavy atom. The minimum absolute atomic E-state index is 0.133. The quantitative estimate of drug-likeness (QED) is 0.603. The minimum Gasteiger partial charge on any atom is -0.497 e. The van der Waals surface area contributed by atoms with Gasteiger partial charge in [-0.25, -0.2) is 9.78 Å². The molecule has 0 saturated heterocycles. The summed E-state index contributed by atoms with van der Waals surface area (Å²) in [5.74, 6) is 0.260. The van der Waals surface area contributed by atoms with Gasteiger partial charge in [0.1, 0.15) is 10.9 Å². The van der Waals surface area contributed by atoms with Crippen LogP contribution in [0.25, 0.3) is 0 Å². The number of halogens is 2. The number of rotatable bonds is 5. The molecular weight excluding hydrogens is 384 g/mol. The number of nitrogens with one attached hydrogen (secondary N) is 1. The lowest BCUT2D eigenvalue weighted by Crippen LogP contribution is -2.09. The van der Waals surface area contributed by atoms with Crippen LogP contribution in [0, 0.1) is 6.92 Å². The molecule has 0 atom stereocenters. The number of aryl methyl sites for hydroxylation is 1. The molecule has 5 nitrogen and oxygen atoms in total. The molecule has 2 rings (SSSR count). The summed E-state index contributed by atoms with van der Waals surface area (Å²) in [6.45, 7) is 2.57. The van der Waals surface area contributed by atoms with Crippen molar-refractivity contribution < 1.29 is 14.3 Å². The molecule has 23 heavy (non-hydrogen) atoms. The van der Waals surface area contributed by atoms with Gasteiger partial charge in [-0.15, -0.1) is 0 Å². The first kappa shape index (κ1) is 17.6. The number of ether oxygens (including phenoxy) is 2. The van der Waals surface area contributed by atoms with Gasteiger partial charge in [0.15, 0.2) is 5.69 Å². The van der Waals surface area contributed by atoms with Gasteiger partial charge >= 0.3 is 5.97 Å². The van der Waals surface area contributed by atoms with E-state index < -0.39 is 5.97 Å². The fourth-order valence-electron chi connectivity index (χ4n) is 2.04. The molecule has 0 fully saturated rings. The monoisotopic (exact) mass is 398 g/mol. The van der Waals surface area contributed by atoms with Gasteiger partial charge in [0.25, 0.3) is 0 Å². The maximum Gasteiger partial charge on any atom is 0.357 e. The number of anilines is 1. The van der Waals surface area contributed by atoms with E-state index in [2.05, 4.69) is 26.2 Å². The van der Waals surface area contributed by atoms with E-state index in [1.165, 1.54) is 7.11 Å². The summed E-state index contributed by atoms with van der Waals surface area (Å²) in [4.78, 5) is 15.7. The number of hydrogen-bond acceptors (Lipinski definition) is 5. The summed E-state index contributed by atoms with van der Waals surface area (Å²) < 4.78 is 10.4. The highest BCUT2D eigenvalue weighted by molar-refractivity contribution is 9.10. The molecule has 122 valence electrons. The van der Waals surface area contributed by atoms with Crippen LogP contribution in [0.3, 0.4) is 0 Å². The van der Waals surface area contributed by atoms with Crippen molar-refractivity contribution in [2.45, 2.75) is 13.5 Å². The summed E-state index contributed by atoms with van der Waals surface area (Å²) >= 11 is 9.35. The molecule has 1 heterocycles. The largest absolute Gasteiger partial charge is 0.497 e. The first-order chi connectivity index (χ1) is 11.0. The van der Waals surface area contributed by atoms with Crippen molar-refractivity contribution in [3.8, 4) is 5.75 Å². The summed E-state index contributed by atoms with van der Waals surface area (Å²) in [5.41, 5.74) is 3.00. The van der Waals surface area contributed by atoms with Crippen LogP contribution in [0.4, 0.5) is 5.69 Å². The molecule has 1 N–H and O–H groups in total. The average Bonchev–Trinajstić information content (AvgIpc) is 2.55. The maximum atomic E-state index is 11.7. The van der Waals surface area contributed by atoms with Gasteiger partial charge in [-0.3, -0.25) is 0 Å². The Bertz CT molecular complexity index is 738. The molecule has 1 aromatic carbocycles. The van der Waals surface area contributed by atoms with Crippen molar-refractivity contribution >= 4 is 39.2 Å². The second kappa shape index (κ2) is 7.66. The van der Waals surface area contributed by atoms with Crippen LogP contribution in [0.15, 0.2) is 28.7 Å². The molecule has 0 bridgehead atoms. The number of carbonyl (C=O) groups is 1. The number of benzene rings is 1. The maximum absolute atomic E-state index is 11.7. The third kappa shape index (κ3) is 4.14. The van der Waals surface area contributed by atoms with Crippen molar-refractivity contribution in [3.63, 3.8) is 0 Å². The fraction of sp³-hybridized carbons (Fsp3) is 0.250. The summed E-state index contributed by atoms with van der Waals surface area (Å²) in [6, 6.07) is 7.50. The molecule has 0 aliphatic rings. The number of aromatic nitrogens is 1. The van der Waals surface area contributed by atoms with Crippen molar-refractivity contribution in [2.24, 2.45) is 0 Å². The third-order valence-corrected chi connectivity index (χ3v) is 4.32. The first-order valence-electron chi connectivity index (χ1n) is 6.78. The number of esters is 1. The molecule has 0 saturated carbocycles. The number of nitrogens with zero attached hydrogens (tertiary/aromatic N) is 1. The molecule has 0 aliphatic heterocycles. The van der Waals surface area contributed by atoms with Crippen molar-refractivity contribution in [1.29, 1.82) is 0 Å². The predicted molar refractivity (Wildman–Crippen MR) is 93.3 cm³/mol. The van der Waals surface area contributed by atoms with Gasteiger partial charge in [-0.2, -0.15) is 0 Å². The smallest absolute Gasteiger partial charge is 0.357 e. The lowest BCUT2D eigenvalue weighted by Gasteiger charge is -2.13. The number of carbonyl (C=O) groups excluding carboxylic acids is 1. The van der Waals surface area contributed by atoms with Gasteiger partial charge in [0.05, 0.1) is 24.4 Å². The molecule has 0 radical (unpaired) electrons. The Hall–Kier alpha value is -1.79. The molecule has 0 spiro atoms. The predicted octanol–water partition coefficient (Wildman–Crippen LogP) is 4.21. The van der Waals surface area contributed by atoms with Gasteiger partial charge in [0.2, 0.25) is 0 Å². The molecule has 0 amide bonds. The van der Waals surface area contributed by atoms with Gasteiger partial charge < -0.3 is 14.8 Å². The molecule has 2 aromatic rings.